The molecule has 0 saturated carbocycles. The Morgan fingerprint density at radius 3 is 2.83 bits per heavy atom. The highest BCUT2D eigenvalue weighted by Gasteiger charge is 2.26. The molecule has 0 aliphatic carbocycles. The second-order valence-electron chi connectivity index (χ2n) is 6.26. The highest BCUT2D eigenvalue weighted by Crippen LogP contribution is 2.15. The zero-order chi connectivity index (χ0) is 16.2. The van der Waals surface area contributed by atoms with Gasteiger partial charge in [-0.05, 0) is 31.9 Å². The zero-order valence-electron chi connectivity index (χ0n) is 13.5. The van der Waals surface area contributed by atoms with Gasteiger partial charge >= 0.3 is 0 Å². The van der Waals surface area contributed by atoms with Gasteiger partial charge in [-0.25, -0.2) is 0 Å². The van der Waals surface area contributed by atoms with Gasteiger partial charge < -0.3 is 15.1 Å². The number of nitrogens with zero attached hydrogens (tertiary/aromatic N) is 4. The van der Waals surface area contributed by atoms with Crippen LogP contribution in [0.4, 0.5) is 5.82 Å². The fourth-order valence-electron chi connectivity index (χ4n) is 3.13. The highest BCUT2D eigenvalue weighted by atomic mass is 16.2. The summed E-state index contributed by atoms with van der Waals surface area (Å²) in [5, 5.41) is 11.2. The van der Waals surface area contributed by atoms with Crippen LogP contribution in [-0.4, -0.2) is 59.1 Å². The van der Waals surface area contributed by atoms with Crippen LogP contribution in [-0.2, 0) is 9.59 Å². The van der Waals surface area contributed by atoms with Crippen LogP contribution in [0, 0.1) is 6.92 Å². The smallest absolute Gasteiger partial charge is 0.224 e. The van der Waals surface area contributed by atoms with Gasteiger partial charge in [-0.3, -0.25) is 9.59 Å². The summed E-state index contributed by atoms with van der Waals surface area (Å²) in [6.45, 7) is 5.01. The number of anilines is 1. The molecular formula is C16H23N5O2. The maximum absolute atomic E-state index is 12.4. The average molecular weight is 317 g/mol. The van der Waals surface area contributed by atoms with E-state index < -0.39 is 0 Å². The van der Waals surface area contributed by atoms with Gasteiger partial charge in [-0.1, -0.05) is 0 Å². The van der Waals surface area contributed by atoms with Crippen molar-refractivity contribution in [1.82, 2.24) is 20.4 Å². The number of carbonyl (C=O) groups excluding carboxylic acids is 2. The van der Waals surface area contributed by atoms with Crippen molar-refractivity contribution in [2.75, 3.05) is 31.1 Å². The van der Waals surface area contributed by atoms with E-state index in [1.165, 1.54) is 0 Å². The van der Waals surface area contributed by atoms with Crippen LogP contribution in [0.15, 0.2) is 12.1 Å². The van der Waals surface area contributed by atoms with Crippen molar-refractivity contribution in [3.63, 3.8) is 0 Å². The van der Waals surface area contributed by atoms with Crippen LogP contribution >= 0.6 is 0 Å². The SMILES string of the molecule is Cc1ccc(N2CCCN(C(=O)CC3CCC(=O)N3)CC2)nn1. The van der Waals surface area contributed by atoms with Crippen LogP contribution in [0.5, 0.6) is 0 Å². The average Bonchev–Trinajstić information content (AvgIpc) is 2.80. The molecule has 124 valence electrons. The molecule has 1 aromatic heterocycles. The summed E-state index contributed by atoms with van der Waals surface area (Å²) < 4.78 is 0. The molecule has 1 aromatic rings. The molecule has 1 unspecified atom stereocenters. The first-order valence-corrected chi connectivity index (χ1v) is 8.24. The van der Waals surface area contributed by atoms with Gasteiger partial charge in [0.15, 0.2) is 5.82 Å². The maximum atomic E-state index is 12.4. The van der Waals surface area contributed by atoms with Crippen molar-refractivity contribution in [1.29, 1.82) is 0 Å². The summed E-state index contributed by atoms with van der Waals surface area (Å²) >= 11 is 0. The lowest BCUT2D eigenvalue weighted by Crippen LogP contribution is -2.39. The molecule has 0 spiro atoms. The third kappa shape index (κ3) is 3.97. The molecule has 1 N–H and O–H groups in total. The quantitative estimate of drug-likeness (QED) is 0.878. The van der Waals surface area contributed by atoms with Gasteiger partial charge in [0.2, 0.25) is 11.8 Å². The number of hydrogen-bond acceptors (Lipinski definition) is 5. The van der Waals surface area contributed by atoms with Gasteiger partial charge in [-0.2, -0.15) is 5.10 Å². The maximum Gasteiger partial charge on any atom is 0.224 e. The summed E-state index contributed by atoms with van der Waals surface area (Å²) in [7, 11) is 0. The van der Waals surface area contributed by atoms with E-state index in [2.05, 4.69) is 20.4 Å². The molecule has 2 fully saturated rings. The van der Waals surface area contributed by atoms with E-state index in [0.717, 1.165) is 44.0 Å². The molecule has 3 rings (SSSR count). The Labute approximate surface area is 136 Å². The van der Waals surface area contributed by atoms with Gasteiger partial charge in [0.25, 0.3) is 0 Å². The number of amides is 2. The predicted octanol–water partition coefficient (Wildman–Crippen LogP) is 0.492. The molecule has 2 saturated heterocycles. The summed E-state index contributed by atoms with van der Waals surface area (Å²) in [5.41, 5.74) is 0.902. The van der Waals surface area contributed by atoms with E-state index in [1.54, 1.807) is 0 Å². The third-order valence-corrected chi connectivity index (χ3v) is 4.46. The van der Waals surface area contributed by atoms with Crippen LogP contribution in [0.1, 0.15) is 31.4 Å². The van der Waals surface area contributed by atoms with Crippen molar-refractivity contribution in [3.05, 3.63) is 17.8 Å². The Hall–Kier alpha value is -2.18. The summed E-state index contributed by atoms with van der Waals surface area (Å²) in [6, 6.07) is 3.95. The van der Waals surface area contributed by atoms with E-state index >= 15 is 0 Å². The van der Waals surface area contributed by atoms with Gasteiger partial charge in [0, 0.05) is 45.1 Å². The fraction of sp³-hybridized carbons (Fsp3) is 0.625. The molecule has 7 nitrogen and oxygen atoms in total. The largest absolute Gasteiger partial charge is 0.353 e. The number of rotatable bonds is 3. The Bertz CT molecular complexity index is 574. The molecule has 3 heterocycles. The summed E-state index contributed by atoms with van der Waals surface area (Å²) in [5.74, 6) is 1.06. The lowest BCUT2D eigenvalue weighted by Gasteiger charge is -2.23. The lowest BCUT2D eigenvalue weighted by atomic mass is 10.1. The van der Waals surface area contributed by atoms with Gasteiger partial charge in [-0.15, -0.1) is 5.10 Å². The zero-order valence-corrected chi connectivity index (χ0v) is 13.5. The molecule has 23 heavy (non-hydrogen) atoms. The molecule has 2 aliphatic heterocycles. The molecule has 0 radical (unpaired) electrons. The van der Waals surface area contributed by atoms with Crippen LogP contribution in [0.25, 0.3) is 0 Å². The Kier molecular flexibility index (Phi) is 4.73. The highest BCUT2D eigenvalue weighted by molar-refractivity contribution is 5.82. The Morgan fingerprint density at radius 1 is 1.26 bits per heavy atom. The van der Waals surface area contributed by atoms with Crippen molar-refractivity contribution in [2.24, 2.45) is 0 Å². The van der Waals surface area contributed by atoms with E-state index in [4.69, 9.17) is 0 Å². The van der Waals surface area contributed by atoms with E-state index in [9.17, 15) is 9.59 Å². The normalized spacial score (nSPS) is 22.0. The molecule has 0 bridgehead atoms. The van der Waals surface area contributed by atoms with Gasteiger partial charge in [0.1, 0.15) is 0 Å². The van der Waals surface area contributed by atoms with Crippen molar-refractivity contribution >= 4 is 17.6 Å². The van der Waals surface area contributed by atoms with Crippen LogP contribution in [0.3, 0.4) is 0 Å². The minimum atomic E-state index is 0.0114. The molecule has 1 atom stereocenters. The summed E-state index contributed by atoms with van der Waals surface area (Å²) in [6.07, 6.45) is 2.63. The molecule has 2 amide bonds. The van der Waals surface area contributed by atoms with Gasteiger partial charge in [0.05, 0.1) is 5.69 Å². The van der Waals surface area contributed by atoms with Crippen LogP contribution < -0.4 is 10.2 Å². The minimum Gasteiger partial charge on any atom is -0.353 e. The second kappa shape index (κ2) is 6.93. The number of hydrogen-bond donors (Lipinski definition) is 1. The van der Waals surface area contributed by atoms with Crippen LogP contribution in [0.2, 0.25) is 0 Å². The number of carbonyl (C=O) groups is 2. The topological polar surface area (TPSA) is 78.4 Å². The summed E-state index contributed by atoms with van der Waals surface area (Å²) in [4.78, 5) is 27.8. The first-order valence-electron chi connectivity index (χ1n) is 8.24. The molecular weight excluding hydrogens is 294 g/mol. The first kappa shape index (κ1) is 15.7. The standard InChI is InChI=1S/C16H23N5O2/c1-12-3-5-14(19-18-12)20-7-2-8-21(10-9-20)16(23)11-13-4-6-15(22)17-13/h3,5,13H,2,4,6-11H2,1H3,(H,17,22). The van der Waals surface area contributed by atoms with E-state index in [-0.39, 0.29) is 17.9 Å². The van der Waals surface area contributed by atoms with Crippen molar-refractivity contribution in [2.45, 2.75) is 38.6 Å². The molecule has 7 heteroatoms. The number of aryl methyl sites for hydroxylation is 1. The molecule has 0 aromatic carbocycles. The predicted molar refractivity (Wildman–Crippen MR) is 86.0 cm³/mol. The number of nitrogens with one attached hydrogen (secondary N) is 1. The lowest BCUT2D eigenvalue weighted by molar-refractivity contribution is -0.131. The van der Waals surface area contributed by atoms with Crippen molar-refractivity contribution in [3.8, 4) is 0 Å². The third-order valence-electron chi connectivity index (χ3n) is 4.46. The first-order chi connectivity index (χ1) is 11.1. The van der Waals surface area contributed by atoms with Crippen molar-refractivity contribution < 1.29 is 9.59 Å². The Morgan fingerprint density at radius 2 is 2.13 bits per heavy atom. The number of aromatic nitrogens is 2. The fourth-order valence-corrected chi connectivity index (χ4v) is 3.13. The monoisotopic (exact) mass is 317 g/mol. The van der Waals surface area contributed by atoms with E-state index in [1.807, 2.05) is 24.0 Å². The minimum absolute atomic E-state index is 0.0114. The Balaban J connectivity index is 1.54. The molecule has 2 aliphatic rings. The second-order valence-corrected chi connectivity index (χ2v) is 6.26. The van der Waals surface area contributed by atoms with E-state index in [0.29, 0.717) is 19.4 Å².